The number of methoxy groups -OCH3 is 2. The SMILES string of the molecule is COC(C)(C)c1ccc(C(C)C(OCc2ccccc2)C(C)(C)OC)cc1. The fourth-order valence-electron chi connectivity index (χ4n) is 3.30. The Morgan fingerprint density at radius 2 is 1.41 bits per heavy atom. The minimum absolute atomic E-state index is 0.0796. The Labute approximate surface area is 164 Å². The third-order valence-corrected chi connectivity index (χ3v) is 5.58. The van der Waals surface area contributed by atoms with Crippen LogP contribution in [0.15, 0.2) is 54.6 Å². The molecule has 0 spiro atoms. The molecule has 2 aromatic carbocycles. The van der Waals surface area contributed by atoms with Crippen LogP contribution in [0.1, 0.15) is 57.2 Å². The van der Waals surface area contributed by atoms with Crippen LogP contribution in [0.3, 0.4) is 0 Å². The minimum atomic E-state index is -0.404. The molecule has 0 heterocycles. The van der Waals surface area contributed by atoms with Gasteiger partial charge in [-0.3, -0.25) is 0 Å². The number of hydrogen-bond acceptors (Lipinski definition) is 3. The van der Waals surface area contributed by atoms with Crippen molar-refractivity contribution in [2.75, 3.05) is 14.2 Å². The molecule has 0 fully saturated rings. The first-order chi connectivity index (χ1) is 12.7. The van der Waals surface area contributed by atoms with Gasteiger partial charge >= 0.3 is 0 Å². The molecule has 3 nitrogen and oxygen atoms in total. The van der Waals surface area contributed by atoms with E-state index in [1.807, 2.05) is 18.2 Å². The molecule has 2 atom stereocenters. The highest BCUT2D eigenvalue weighted by Crippen LogP contribution is 2.33. The first kappa shape index (κ1) is 21.6. The zero-order chi connectivity index (χ0) is 20.1. The van der Waals surface area contributed by atoms with Gasteiger partial charge < -0.3 is 14.2 Å². The van der Waals surface area contributed by atoms with E-state index in [0.717, 1.165) is 5.56 Å². The lowest BCUT2D eigenvalue weighted by Gasteiger charge is -2.37. The van der Waals surface area contributed by atoms with Crippen molar-refractivity contribution in [3.05, 3.63) is 71.3 Å². The van der Waals surface area contributed by atoms with Crippen molar-refractivity contribution in [2.24, 2.45) is 0 Å². The van der Waals surface area contributed by atoms with E-state index in [-0.39, 0.29) is 17.6 Å². The van der Waals surface area contributed by atoms with Crippen molar-refractivity contribution in [2.45, 2.75) is 64.4 Å². The van der Waals surface area contributed by atoms with Gasteiger partial charge in [-0.2, -0.15) is 0 Å². The molecule has 0 saturated carbocycles. The van der Waals surface area contributed by atoms with E-state index < -0.39 is 5.60 Å². The molecule has 0 N–H and O–H groups in total. The van der Waals surface area contributed by atoms with Gasteiger partial charge in [-0.15, -0.1) is 0 Å². The lowest BCUT2D eigenvalue weighted by Crippen LogP contribution is -2.43. The van der Waals surface area contributed by atoms with E-state index in [1.54, 1.807) is 14.2 Å². The fraction of sp³-hybridized carbons (Fsp3) is 0.500. The lowest BCUT2D eigenvalue weighted by molar-refractivity contribution is -0.124. The van der Waals surface area contributed by atoms with Gasteiger partial charge in [-0.1, -0.05) is 61.5 Å². The molecular formula is C24H34O3. The topological polar surface area (TPSA) is 27.7 Å². The van der Waals surface area contributed by atoms with E-state index in [1.165, 1.54) is 11.1 Å². The maximum atomic E-state index is 6.37. The van der Waals surface area contributed by atoms with Crippen molar-refractivity contribution < 1.29 is 14.2 Å². The Bertz CT molecular complexity index is 689. The Hall–Kier alpha value is -1.68. The highest BCUT2D eigenvalue weighted by atomic mass is 16.5. The molecule has 2 rings (SSSR count). The van der Waals surface area contributed by atoms with Gasteiger partial charge in [0, 0.05) is 20.1 Å². The number of rotatable bonds is 9. The Morgan fingerprint density at radius 3 is 1.93 bits per heavy atom. The van der Waals surface area contributed by atoms with Crippen LogP contribution in [-0.2, 0) is 26.4 Å². The van der Waals surface area contributed by atoms with Crippen molar-refractivity contribution in [1.82, 2.24) is 0 Å². The first-order valence-electron chi connectivity index (χ1n) is 9.57. The molecule has 0 aromatic heterocycles. The van der Waals surface area contributed by atoms with Crippen LogP contribution in [0.2, 0.25) is 0 Å². The summed E-state index contributed by atoms with van der Waals surface area (Å²) >= 11 is 0. The zero-order valence-corrected chi connectivity index (χ0v) is 17.8. The molecule has 0 saturated heterocycles. The average molecular weight is 371 g/mol. The van der Waals surface area contributed by atoms with Crippen LogP contribution >= 0.6 is 0 Å². The van der Waals surface area contributed by atoms with Crippen molar-refractivity contribution >= 4 is 0 Å². The molecule has 0 amide bonds. The third-order valence-electron chi connectivity index (χ3n) is 5.58. The smallest absolute Gasteiger partial charge is 0.0929 e. The standard InChI is InChI=1S/C24H34O3/c1-18(20-13-15-21(16-14-20)23(2,3)25-6)22(24(4,5)26-7)27-17-19-11-9-8-10-12-19/h8-16,18,22H,17H2,1-7H3. The summed E-state index contributed by atoms with van der Waals surface area (Å²) in [4.78, 5) is 0. The monoisotopic (exact) mass is 370 g/mol. The molecule has 2 unspecified atom stereocenters. The van der Waals surface area contributed by atoms with Crippen molar-refractivity contribution in [3.8, 4) is 0 Å². The van der Waals surface area contributed by atoms with Gasteiger partial charge in [0.1, 0.15) is 0 Å². The molecule has 2 aromatic rings. The van der Waals surface area contributed by atoms with E-state index in [2.05, 4.69) is 71.0 Å². The normalized spacial score (nSPS) is 14.8. The molecule has 0 aliphatic rings. The van der Waals surface area contributed by atoms with Crippen molar-refractivity contribution in [3.63, 3.8) is 0 Å². The highest BCUT2D eigenvalue weighted by Gasteiger charge is 2.35. The van der Waals surface area contributed by atoms with Crippen molar-refractivity contribution in [1.29, 1.82) is 0 Å². The maximum absolute atomic E-state index is 6.37. The van der Waals surface area contributed by atoms with Gasteiger partial charge in [-0.25, -0.2) is 0 Å². The molecular weight excluding hydrogens is 336 g/mol. The number of benzene rings is 2. The van der Waals surface area contributed by atoms with E-state index in [0.29, 0.717) is 6.61 Å². The summed E-state index contributed by atoms with van der Waals surface area (Å²) in [7, 11) is 3.49. The van der Waals surface area contributed by atoms with E-state index >= 15 is 0 Å². The van der Waals surface area contributed by atoms with Gasteiger partial charge in [-0.05, 0) is 44.4 Å². The predicted octanol–water partition coefficient (Wildman–Crippen LogP) is 5.68. The predicted molar refractivity (Wildman–Crippen MR) is 111 cm³/mol. The molecule has 0 bridgehead atoms. The molecule has 3 heteroatoms. The second-order valence-electron chi connectivity index (χ2n) is 8.15. The fourth-order valence-corrected chi connectivity index (χ4v) is 3.30. The summed E-state index contributed by atoms with van der Waals surface area (Å²) < 4.78 is 17.7. The van der Waals surface area contributed by atoms with Gasteiger partial charge in [0.2, 0.25) is 0 Å². The zero-order valence-electron chi connectivity index (χ0n) is 17.8. The number of hydrogen-bond donors (Lipinski definition) is 0. The van der Waals surface area contributed by atoms with E-state index in [4.69, 9.17) is 14.2 Å². The quantitative estimate of drug-likeness (QED) is 0.568. The van der Waals surface area contributed by atoms with Crippen LogP contribution in [0, 0.1) is 0 Å². The molecule has 0 aliphatic heterocycles. The summed E-state index contributed by atoms with van der Waals surface area (Å²) in [6, 6.07) is 18.9. The number of ether oxygens (including phenoxy) is 3. The van der Waals surface area contributed by atoms with Crippen LogP contribution in [0.5, 0.6) is 0 Å². The maximum Gasteiger partial charge on any atom is 0.0929 e. The second kappa shape index (κ2) is 9.01. The highest BCUT2D eigenvalue weighted by molar-refractivity contribution is 5.29. The first-order valence-corrected chi connectivity index (χ1v) is 9.57. The summed E-state index contributed by atoms with van der Waals surface area (Å²) in [6.45, 7) is 11.1. The van der Waals surface area contributed by atoms with Crippen LogP contribution in [0.4, 0.5) is 0 Å². The van der Waals surface area contributed by atoms with Gasteiger partial charge in [0.15, 0.2) is 0 Å². The van der Waals surface area contributed by atoms with Crippen LogP contribution < -0.4 is 0 Å². The Balaban J connectivity index is 2.21. The Morgan fingerprint density at radius 1 is 0.815 bits per heavy atom. The molecule has 0 aliphatic carbocycles. The van der Waals surface area contributed by atoms with Gasteiger partial charge in [0.05, 0.1) is 23.9 Å². The van der Waals surface area contributed by atoms with E-state index in [9.17, 15) is 0 Å². The largest absolute Gasteiger partial charge is 0.376 e. The third kappa shape index (κ3) is 5.41. The minimum Gasteiger partial charge on any atom is -0.376 e. The summed E-state index contributed by atoms with van der Waals surface area (Å²) in [6.07, 6.45) is -0.0796. The summed E-state index contributed by atoms with van der Waals surface area (Å²) in [5.41, 5.74) is 2.86. The Kier molecular flexibility index (Phi) is 7.21. The summed E-state index contributed by atoms with van der Waals surface area (Å²) in [5, 5.41) is 0. The molecule has 27 heavy (non-hydrogen) atoms. The average Bonchev–Trinajstić information content (AvgIpc) is 2.68. The molecule has 148 valence electrons. The van der Waals surface area contributed by atoms with Gasteiger partial charge in [0.25, 0.3) is 0 Å². The lowest BCUT2D eigenvalue weighted by atomic mass is 9.84. The summed E-state index contributed by atoms with van der Waals surface area (Å²) in [5.74, 6) is 0.184. The van der Waals surface area contributed by atoms with Crippen LogP contribution in [0.25, 0.3) is 0 Å². The molecule has 0 radical (unpaired) electrons. The second-order valence-corrected chi connectivity index (χ2v) is 8.15. The van der Waals surface area contributed by atoms with Crippen LogP contribution in [-0.4, -0.2) is 25.9 Å².